The largest absolute Gasteiger partial charge is 0.395 e. The van der Waals surface area contributed by atoms with Crippen molar-refractivity contribution < 1.29 is 15.0 Å². The number of hydrogen-bond acceptors (Lipinski definition) is 4. The summed E-state index contributed by atoms with van der Waals surface area (Å²) in [6.45, 7) is 5.34. The van der Waals surface area contributed by atoms with Crippen molar-refractivity contribution in [2.75, 3.05) is 32.8 Å². The second-order valence-electron chi connectivity index (χ2n) is 6.62. The molecule has 0 bridgehead atoms. The highest BCUT2D eigenvalue weighted by Crippen LogP contribution is 2.31. The van der Waals surface area contributed by atoms with Crippen LogP contribution in [0.4, 0.5) is 0 Å². The first-order chi connectivity index (χ1) is 10.1. The van der Waals surface area contributed by atoms with Crippen molar-refractivity contribution in [3.05, 3.63) is 0 Å². The summed E-state index contributed by atoms with van der Waals surface area (Å²) in [5, 5.41) is 19.8. The highest BCUT2D eigenvalue weighted by molar-refractivity contribution is 5.77. The molecule has 122 valence electrons. The van der Waals surface area contributed by atoms with E-state index >= 15 is 0 Å². The molecule has 5 nitrogen and oxygen atoms in total. The standard InChI is InChI=1S/C16H30N2O3/c1-2-14(13-19)17-8-10-18(11-9-17)15(20)12-16(21)6-4-3-5-7-16/h14,19,21H,2-13H2,1H3. The third-order valence-corrected chi connectivity index (χ3v) is 5.13. The number of hydrogen-bond donors (Lipinski definition) is 2. The molecule has 0 radical (unpaired) electrons. The third kappa shape index (κ3) is 4.41. The summed E-state index contributed by atoms with van der Waals surface area (Å²) in [6, 6.07) is 0.213. The molecule has 1 amide bonds. The number of aliphatic hydroxyl groups is 2. The Hall–Kier alpha value is -0.650. The molecule has 1 saturated carbocycles. The zero-order valence-electron chi connectivity index (χ0n) is 13.3. The Morgan fingerprint density at radius 3 is 2.29 bits per heavy atom. The molecule has 2 rings (SSSR count). The molecule has 0 aromatic rings. The topological polar surface area (TPSA) is 64.0 Å². The molecule has 1 saturated heterocycles. The zero-order valence-corrected chi connectivity index (χ0v) is 13.3. The highest BCUT2D eigenvalue weighted by Gasteiger charge is 2.34. The first-order valence-corrected chi connectivity index (χ1v) is 8.43. The van der Waals surface area contributed by atoms with E-state index in [0.29, 0.717) is 13.1 Å². The van der Waals surface area contributed by atoms with Crippen LogP contribution in [-0.4, -0.2) is 70.3 Å². The van der Waals surface area contributed by atoms with E-state index in [0.717, 1.165) is 45.2 Å². The molecular formula is C16H30N2O3. The van der Waals surface area contributed by atoms with Gasteiger partial charge < -0.3 is 15.1 Å². The Morgan fingerprint density at radius 1 is 1.14 bits per heavy atom. The maximum atomic E-state index is 12.4. The lowest BCUT2D eigenvalue weighted by Crippen LogP contribution is -2.53. The van der Waals surface area contributed by atoms with Crippen LogP contribution in [0, 0.1) is 0 Å². The van der Waals surface area contributed by atoms with E-state index in [4.69, 9.17) is 0 Å². The second-order valence-corrected chi connectivity index (χ2v) is 6.62. The normalized spacial score (nSPS) is 24.8. The first kappa shape index (κ1) is 16.7. The fourth-order valence-electron chi connectivity index (χ4n) is 3.62. The van der Waals surface area contributed by atoms with Crippen molar-refractivity contribution in [2.45, 2.75) is 63.5 Å². The van der Waals surface area contributed by atoms with E-state index in [-0.39, 0.29) is 25.0 Å². The van der Waals surface area contributed by atoms with Gasteiger partial charge in [-0.3, -0.25) is 9.69 Å². The van der Waals surface area contributed by atoms with Crippen LogP contribution in [0.5, 0.6) is 0 Å². The molecule has 0 aromatic heterocycles. The molecule has 2 N–H and O–H groups in total. The van der Waals surface area contributed by atoms with Gasteiger partial charge in [0.1, 0.15) is 0 Å². The van der Waals surface area contributed by atoms with Crippen LogP contribution in [-0.2, 0) is 4.79 Å². The fourth-order valence-corrected chi connectivity index (χ4v) is 3.62. The van der Waals surface area contributed by atoms with Crippen molar-refractivity contribution in [3.63, 3.8) is 0 Å². The van der Waals surface area contributed by atoms with Gasteiger partial charge in [-0.1, -0.05) is 26.2 Å². The molecule has 1 heterocycles. The Kier molecular flexibility index (Phi) is 6.02. The van der Waals surface area contributed by atoms with Crippen LogP contribution in [0.15, 0.2) is 0 Å². The van der Waals surface area contributed by atoms with Gasteiger partial charge in [0.15, 0.2) is 0 Å². The van der Waals surface area contributed by atoms with E-state index in [2.05, 4.69) is 11.8 Å². The molecule has 1 unspecified atom stereocenters. The van der Waals surface area contributed by atoms with Crippen LogP contribution in [0.3, 0.4) is 0 Å². The quantitative estimate of drug-likeness (QED) is 0.794. The summed E-state index contributed by atoms with van der Waals surface area (Å²) in [6.07, 6.45) is 5.99. The number of piperazine rings is 1. The molecule has 5 heteroatoms. The van der Waals surface area contributed by atoms with Crippen LogP contribution in [0.25, 0.3) is 0 Å². The summed E-state index contributed by atoms with van der Waals surface area (Å²) in [4.78, 5) is 16.5. The van der Waals surface area contributed by atoms with E-state index in [9.17, 15) is 15.0 Å². The van der Waals surface area contributed by atoms with Gasteiger partial charge in [-0.05, 0) is 19.3 Å². The van der Waals surface area contributed by atoms with Gasteiger partial charge in [-0.25, -0.2) is 0 Å². The van der Waals surface area contributed by atoms with Gasteiger partial charge >= 0.3 is 0 Å². The number of carbonyl (C=O) groups excluding carboxylic acids is 1. The summed E-state index contributed by atoms with van der Waals surface area (Å²) in [7, 11) is 0. The number of aliphatic hydroxyl groups excluding tert-OH is 1. The van der Waals surface area contributed by atoms with E-state index in [1.165, 1.54) is 6.42 Å². The Morgan fingerprint density at radius 2 is 1.76 bits per heavy atom. The van der Waals surface area contributed by atoms with Crippen molar-refractivity contribution in [1.29, 1.82) is 0 Å². The van der Waals surface area contributed by atoms with Gasteiger partial charge in [0.05, 0.1) is 18.6 Å². The molecule has 2 aliphatic rings. The van der Waals surface area contributed by atoms with Gasteiger partial charge in [-0.2, -0.15) is 0 Å². The van der Waals surface area contributed by atoms with Crippen molar-refractivity contribution in [1.82, 2.24) is 9.80 Å². The van der Waals surface area contributed by atoms with Gasteiger partial charge in [0, 0.05) is 32.2 Å². The lowest BCUT2D eigenvalue weighted by Gasteiger charge is -2.40. The molecule has 0 spiro atoms. The Bertz CT molecular complexity index is 330. The van der Waals surface area contributed by atoms with Crippen LogP contribution in [0.2, 0.25) is 0 Å². The summed E-state index contributed by atoms with van der Waals surface area (Å²) >= 11 is 0. The average Bonchev–Trinajstić information content (AvgIpc) is 2.49. The molecular weight excluding hydrogens is 268 g/mol. The third-order valence-electron chi connectivity index (χ3n) is 5.13. The van der Waals surface area contributed by atoms with Crippen molar-refractivity contribution >= 4 is 5.91 Å². The molecule has 1 aliphatic heterocycles. The van der Waals surface area contributed by atoms with Gasteiger partial charge in [-0.15, -0.1) is 0 Å². The average molecular weight is 298 g/mol. The highest BCUT2D eigenvalue weighted by atomic mass is 16.3. The lowest BCUT2D eigenvalue weighted by molar-refractivity contribution is -0.140. The summed E-state index contributed by atoms with van der Waals surface area (Å²) < 4.78 is 0. The number of rotatable bonds is 5. The molecule has 1 aliphatic carbocycles. The number of nitrogens with zero attached hydrogens (tertiary/aromatic N) is 2. The maximum Gasteiger partial charge on any atom is 0.225 e. The van der Waals surface area contributed by atoms with E-state index in [1.807, 2.05) is 4.90 Å². The predicted molar refractivity (Wildman–Crippen MR) is 82.0 cm³/mol. The zero-order chi connectivity index (χ0) is 15.3. The van der Waals surface area contributed by atoms with Crippen LogP contribution in [0.1, 0.15) is 51.9 Å². The second kappa shape index (κ2) is 7.56. The molecule has 0 aromatic carbocycles. The lowest BCUT2D eigenvalue weighted by atomic mass is 9.82. The van der Waals surface area contributed by atoms with E-state index < -0.39 is 5.60 Å². The van der Waals surface area contributed by atoms with E-state index in [1.54, 1.807) is 0 Å². The van der Waals surface area contributed by atoms with Crippen LogP contribution < -0.4 is 0 Å². The molecule has 2 fully saturated rings. The SMILES string of the molecule is CCC(CO)N1CCN(C(=O)CC2(O)CCCCC2)CC1. The minimum absolute atomic E-state index is 0.0936. The molecule has 21 heavy (non-hydrogen) atoms. The summed E-state index contributed by atoms with van der Waals surface area (Å²) in [5.41, 5.74) is -0.760. The minimum Gasteiger partial charge on any atom is -0.395 e. The first-order valence-electron chi connectivity index (χ1n) is 8.43. The van der Waals surface area contributed by atoms with Gasteiger partial charge in [0.2, 0.25) is 5.91 Å². The monoisotopic (exact) mass is 298 g/mol. The Labute approximate surface area is 127 Å². The Balaban J connectivity index is 1.80. The minimum atomic E-state index is -0.760. The van der Waals surface area contributed by atoms with Crippen LogP contribution >= 0.6 is 0 Å². The summed E-state index contributed by atoms with van der Waals surface area (Å²) in [5.74, 6) is 0.0936. The smallest absolute Gasteiger partial charge is 0.225 e. The van der Waals surface area contributed by atoms with Crippen molar-refractivity contribution in [3.8, 4) is 0 Å². The number of amides is 1. The fraction of sp³-hybridized carbons (Fsp3) is 0.938. The predicted octanol–water partition coefficient (Wildman–Crippen LogP) is 0.987. The number of carbonyl (C=O) groups is 1. The molecule has 1 atom stereocenters. The maximum absolute atomic E-state index is 12.4. The van der Waals surface area contributed by atoms with Gasteiger partial charge in [0.25, 0.3) is 0 Å². The van der Waals surface area contributed by atoms with Crippen molar-refractivity contribution in [2.24, 2.45) is 0 Å².